The second-order valence-corrected chi connectivity index (χ2v) is 4.61. The Labute approximate surface area is 85.2 Å². The Morgan fingerprint density at radius 2 is 2.29 bits per heavy atom. The predicted molar refractivity (Wildman–Crippen MR) is 54.8 cm³/mol. The van der Waals surface area contributed by atoms with Crippen LogP contribution in [0.4, 0.5) is 0 Å². The summed E-state index contributed by atoms with van der Waals surface area (Å²) in [6.45, 7) is 4.68. The highest BCUT2D eigenvalue weighted by Crippen LogP contribution is 2.44. The van der Waals surface area contributed by atoms with Crippen LogP contribution < -0.4 is 11.1 Å². The lowest BCUT2D eigenvalue weighted by Gasteiger charge is -2.13. The summed E-state index contributed by atoms with van der Waals surface area (Å²) in [7, 11) is 1.58. The molecule has 82 valence electrons. The third-order valence-corrected chi connectivity index (χ3v) is 2.86. The average molecular weight is 200 g/mol. The molecule has 0 aliphatic heterocycles. The van der Waals surface area contributed by atoms with E-state index in [-0.39, 0.29) is 17.4 Å². The number of ether oxygens (including phenoxy) is 1. The van der Waals surface area contributed by atoms with Gasteiger partial charge in [-0.3, -0.25) is 4.79 Å². The maximum absolute atomic E-state index is 11.5. The largest absolute Gasteiger partial charge is 0.380 e. The topological polar surface area (TPSA) is 64.3 Å². The van der Waals surface area contributed by atoms with Crippen molar-refractivity contribution >= 4 is 5.91 Å². The molecule has 3 N–H and O–H groups in total. The van der Waals surface area contributed by atoms with Crippen LogP contribution in [-0.4, -0.2) is 31.7 Å². The highest BCUT2D eigenvalue weighted by molar-refractivity contribution is 5.77. The van der Waals surface area contributed by atoms with Gasteiger partial charge in [-0.1, -0.05) is 13.8 Å². The molecule has 0 heterocycles. The van der Waals surface area contributed by atoms with Gasteiger partial charge in [-0.15, -0.1) is 0 Å². The Morgan fingerprint density at radius 3 is 2.64 bits per heavy atom. The minimum atomic E-state index is -0.156. The number of carbonyl (C=O) groups excluding carboxylic acids is 1. The van der Waals surface area contributed by atoms with Crippen LogP contribution in [0.25, 0.3) is 0 Å². The zero-order valence-corrected chi connectivity index (χ0v) is 9.17. The van der Waals surface area contributed by atoms with Crippen LogP contribution in [0.3, 0.4) is 0 Å². The molecule has 1 fully saturated rings. The molecule has 4 nitrogen and oxygen atoms in total. The van der Waals surface area contributed by atoms with Crippen LogP contribution in [0.1, 0.15) is 26.7 Å². The van der Waals surface area contributed by atoms with Crippen LogP contribution in [0.5, 0.6) is 0 Å². The number of hydrogen-bond acceptors (Lipinski definition) is 3. The molecule has 0 saturated heterocycles. The fraction of sp³-hybridized carbons (Fsp3) is 0.900. The van der Waals surface area contributed by atoms with Gasteiger partial charge in [0.15, 0.2) is 0 Å². The van der Waals surface area contributed by atoms with Crippen molar-refractivity contribution in [1.82, 2.24) is 5.32 Å². The average Bonchev–Trinajstić information content (AvgIpc) is 2.69. The number of amides is 1. The number of carbonyl (C=O) groups is 1. The molecule has 2 atom stereocenters. The van der Waals surface area contributed by atoms with E-state index in [9.17, 15) is 4.79 Å². The highest BCUT2D eigenvalue weighted by atomic mass is 16.5. The molecule has 0 aromatic carbocycles. The van der Waals surface area contributed by atoms with Crippen molar-refractivity contribution in [3.05, 3.63) is 0 Å². The lowest BCUT2D eigenvalue weighted by atomic mass is 10.2. The maximum Gasteiger partial charge on any atom is 0.222 e. The van der Waals surface area contributed by atoms with Crippen LogP contribution in [0, 0.1) is 5.41 Å². The highest BCUT2D eigenvalue weighted by Gasteiger charge is 2.46. The molecule has 0 aromatic rings. The molecule has 14 heavy (non-hydrogen) atoms. The zero-order chi connectivity index (χ0) is 10.8. The second-order valence-electron chi connectivity index (χ2n) is 4.61. The van der Waals surface area contributed by atoms with Gasteiger partial charge in [0.1, 0.15) is 0 Å². The molecule has 1 amide bonds. The Bertz CT molecular complexity index is 206. The van der Waals surface area contributed by atoms with Gasteiger partial charge >= 0.3 is 0 Å². The van der Waals surface area contributed by atoms with Crippen molar-refractivity contribution < 1.29 is 9.53 Å². The summed E-state index contributed by atoms with van der Waals surface area (Å²) < 4.78 is 5.04. The zero-order valence-electron chi connectivity index (χ0n) is 9.17. The molecule has 0 bridgehead atoms. The Morgan fingerprint density at radius 1 is 1.71 bits per heavy atom. The molecule has 0 radical (unpaired) electrons. The third kappa shape index (κ3) is 2.96. The van der Waals surface area contributed by atoms with E-state index in [1.807, 2.05) is 0 Å². The summed E-state index contributed by atoms with van der Waals surface area (Å²) in [4.78, 5) is 11.5. The van der Waals surface area contributed by atoms with Crippen molar-refractivity contribution in [2.75, 3.05) is 13.7 Å². The number of nitrogens with two attached hydrogens (primary N) is 1. The van der Waals surface area contributed by atoms with Crippen LogP contribution >= 0.6 is 0 Å². The van der Waals surface area contributed by atoms with E-state index < -0.39 is 0 Å². The maximum atomic E-state index is 11.5. The second kappa shape index (κ2) is 4.28. The van der Waals surface area contributed by atoms with Gasteiger partial charge < -0.3 is 15.8 Å². The first-order chi connectivity index (χ1) is 6.49. The third-order valence-electron chi connectivity index (χ3n) is 2.86. The molecule has 1 rings (SSSR count). The van der Waals surface area contributed by atoms with Crippen molar-refractivity contribution in [3.63, 3.8) is 0 Å². The van der Waals surface area contributed by atoms with Gasteiger partial charge in [-0.05, 0) is 11.8 Å². The number of hydrogen-bond donors (Lipinski definition) is 2. The van der Waals surface area contributed by atoms with E-state index in [0.717, 1.165) is 6.42 Å². The molecule has 0 aromatic heterocycles. The summed E-state index contributed by atoms with van der Waals surface area (Å²) in [5.41, 5.74) is 5.71. The minimum Gasteiger partial charge on any atom is -0.380 e. The van der Waals surface area contributed by atoms with Crippen molar-refractivity contribution in [2.45, 2.75) is 38.8 Å². The summed E-state index contributed by atoms with van der Waals surface area (Å²) in [5.74, 6) is 0.0397. The molecule has 1 saturated carbocycles. The predicted octanol–water partition coefficient (Wildman–Crippen LogP) is 0.265. The van der Waals surface area contributed by atoms with Crippen LogP contribution in [0.15, 0.2) is 0 Å². The Kier molecular flexibility index (Phi) is 3.50. The lowest BCUT2D eigenvalue weighted by Crippen LogP contribution is -2.34. The molecule has 4 heteroatoms. The summed E-state index contributed by atoms with van der Waals surface area (Å²) >= 11 is 0. The molecule has 1 aliphatic carbocycles. The summed E-state index contributed by atoms with van der Waals surface area (Å²) in [6.07, 6.45) is 1.27. The monoisotopic (exact) mass is 200 g/mol. The van der Waals surface area contributed by atoms with E-state index in [1.165, 1.54) is 0 Å². The smallest absolute Gasteiger partial charge is 0.222 e. The van der Waals surface area contributed by atoms with E-state index in [2.05, 4.69) is 19.2 Å². The first-order valence-electron chi connectivity index (χ1n) is 5.02. The number of rotatable bonds is 5. The summed E-state index contributed by atoms with van der Waals surface area (Å²) in [5, 5.41) is 2.97. The number of methoxy groups -OCH3 is 1. The minimum absolute atomic E-state index is 0.0397. The lowest BCUT2D eigenvalue weighted by molar-refractivity contribution is -0.123. The molecule has 0 spiro atoms. The first kappa shape index (κ1) is 11.5. The van der Waals surface area contributed by atoms with E-state index in [0.29, 0.717) is 19.0 Å². The van der Waals surface area contributed by atoms with Gasteiger partial charge in [-0.25, -0.2) is 0 Å². The molecule has 2 unspecified atom stereocenters. The van der Waals surface area contributed by atoms with Crippen molar-refractivity contribution in [2.24, 2.45) is 11.1 Å². The van der Waals surface area contributed by atoms with Crippen molar-refractivity contribution in [1.29, 1.82) is 0 Å². The Hall–Kier alpha value is -0.610. The normalized spacial score (nSPS) is 25.6. The van der Waals surface area contributed by atoms with Crippen LogP contribution in [0.2, 0.25) is 0 Å². The first-order valence-corrected chi connectivity index (χ1v) is 5.02. The number of nitrogens with one attached hydrogen (secondary N) is 1. The standard InChI is InChI=1S/C10H20N2O2/c1-10(2)5-8(10)12-9(13)4-7(6-11)14-3/h7-8H,4-6,11H2,1-3H3,(H,12,13). The van der Waals surface area contributed by atoms with Gasteiger partial charge in [0, 0.05) is 19.7 Å². The SMILES string of the molecule is COC(CN)CC(=O)NC1CC1(C)C. The fourth-order valence-electron chi connectivity index (χ4n) is 1.44. The van der Waals surface area contributed by atoms with Crippen molar-refractivity contribution in [3.8, 4) is 0 Å². The van der Waals surface area contributed by atoms with E-state index in [4.69, 9.17) is 10.5 Å². The quantitative estimate of drug-likeness (QED) is 0.669. The molecule has 1 aliphatic rings. The van der Waals surface area contributed by atoms with E-state index in [1.54, 1.807) is 7.11 Å². The van der Waals surface area contributed by atoms with E-state index >= 15 is 0 Å². The fourth-order valence-corrected chi connectivity index (χ4v) is 1.44. The van der Waals surface area contributed by atoms with Gasteiger partial charge in [-0.2, -0.15) is 0 Å². The van der Waals surface area contributed by atoms with Crippen LogP contribution in [-0.2, 0) is 9.53 Å². The summed E-state index contributed by atoms with van der Waals surface area (Å²) in [6, 6.07) is 0.338. The molecular weight excluding hydrogens is 180 g/mol. The van der Waals surface area contributed by atoms with Gasteiger partial charge in [0.25, 0.3) is 0 Å². The molecular formula is C10H20N2O2. The van der Waals surface area contributed by atoms with Gasteiger partial charge in [0.2, 0.25) is 5.91 Å². The Balaban J connectivity index is 2.23. The van der Waals surface area contributed by atoms with Gasteiger partial charge in [0.05, 0.1) is 12.5 Å².